The maximum absolute atomic E-state index is 6.12. The Bertz CT molecular complexity index is 455. The van der Waals surface area contributed by atoms with Gasteiger partial charge in [-0.1, -0.05) is 39.8 Å². The van der Waals surface area contributed by atoms with Gasteiger partial charge < -0.3 is 10.1 Å². The smallest absolute Gasteiger partial charge is 0.122 e. The van der Waals surface area contributed by atoms with Crippen molar-refractivity contribution < 1.29 is 4.74 Å². The summed E-state index contributed by atoms with van der Waals surface area (Å²) in [7, 11) is 0. The number of hydrogen-bond donors (Lipinski definition) is 1. The molecule has 0 aliphatic carbocycles. The molecular formula is C19H33NO. The predicted octanol–water partition coefficient (Wildman–Crippen LogP) is 4.91. The minimum absolute atomic E-state index is 0.105. The second kappa shape index (κ2) is 6.83. The maximum atomic E-state index is 6.12. The monoisotopic (exact) mass is 291 g/mol. The minimum atomic E-state index is 0.105. The summed E-state index contributed by atoms with van der Waals surface area (Å²) >= 11 is 0. The van der Waals surface area contributed by atoms with E-state index in [9.17, 15) is 0 Å². The van der Waals surface area contributed by atoms with E-state index >= 15 is 0 Å². The van der Waals surface area contributed by atoms with E-state index in [0.717, 1.165) is 18.9 Å². The van der Waals surface area contributed by atoms with E-state index in [4.69, 9.17) is 4.74 Å². The molecule has 1 aromatic carbocycles. The normalized spacial score (nSPS) is 12.8. The molecule has 0 aliphatic rings. The van der Waals surface area contributed by atoms with Gasteiger partial charge in [0.1, 0.15) is 5.75 Å². The molecule has 2 heteroatoms. The molecule has 1 rings (SSSR count). The predicted molar refractivity (Wildman–Crippen MR) is 92.3 cm³/mol. The Hall–Kier alpha value is -1.02. The van der Waals surface area contributed by atoms with E-state index in [1.54, 1.807) is 0 Å². The molecule has 0 fully saturated rings. The number of nitrogens with one attached hydrogen (secondary N) is 1. The topological polar surface area (TPSA) is 21.3 Å². The molecule has 0 radical (unpaired) electrons. The summed E-state index contributed by atoms with van der Waals surface area (Å²) in [5.41, 5.74) is 2.79. The van der Waals surface area contributed by atoms with Crippen molar-refractivity contribution >= 4 is 0 Å². The molecule has 0 atom stereocenters. The number of rotatable bonds is 6. The van der Waals surface area contributed by atoms with Crippen molar-refractivity contribution in [2.75, 3.05) is 13.2 Å². The number of ether oxygens (including phenoxy) is 1. The van der Waals surface area contributed by atoms with Crippen molar-refractivity contribution in [3.63, 3.8) is 0 Å². The SMILES string of the molecule is Cc1ccc(C(C)C)cc1OCC(C)(C)CNC(C)(C)C. The van der Waals surface area contributed by atoms with E-state index in [0.29, 0.717) is 5.92 Å². The van der Waals surface area contributed by atoms with E-state index < -0.39 is 0 Å². The lowest BCUT2D eigenvalue weighted by Gasteiger charge is -2.30. The van der Waals surface area contributed by atoms with Gasteiger partial charge in [-0.2, -0.15) is 0 Å². The highest BCUT2D eigenvalue weighted by molar-refractivity contribution is 5.37. The van der Waals surface area contributed by atoms with E-state index in [-0.39, 0.29) is 11.0 Å². The summed E-state index contributed by atoms with van der Waals surface area (Å²) in [5.74, 6) is 1.55. The Balaban J connectivity index is 2.67. The lowest BCUT2D eigenvalue weighted by molar-refractivity contribution is 0.165. The minimum Gasteiger partial charge on any atom is -0.493 e. The van der Waals surface area contributed by atoms with Crippen molar-refractivity contribution in [3.05, 3.63) is 29.3 Å². The fourth-order valence-corrected chi connectivity index (χ4v) is 1.96. The van der Waals surface area contributed by atoms with Crippen LogP contribution in [0.1, 0.15) is 65.5 Å². The largest absolute Gasteiger partial charge is 0.493 e. The highest BCUT2D eigenvalue weighted by Crippen LogP contribution is 2.26. The van der Waals surface area contributed by atoms with Gasteiger partial charge in [-0.05, 0) is 50.8 Å². The molecule has 0 aromatic heterocycles. The fourth-order valence-electron chi connectivity index (χ4n) is 1.96. The molecule has 0 heterocycles. The van der Waals surface area contributed by atoms with Crippen molar-refractivity contribution in [3.8, 4) is 5.75 Å². The molecule has 0 saturated heterocycles. The first-order valence-electron chi connectivity index (χ1n) is 7.98. The molecule has 120 valence electrons. The zero-order chi connectivity index (χ0) is 16.3. The van der Waals surface area contributed by atoms with Gasteiger partial charge >= 0.3 is 0 Å². The van der Waals surface area contributed by atoms with Crippen molar-refractivity contribution in [1.29, 1.82) is 0 Å². The first-order chi connectivity index (χ1) is 9.50. The maximum Gasteiger partial charge on any atom is 0.122 e. The molecule has 0 unspecified atom stereocenters. The molecule has 0 amide bonds. The summed E-state index contributed by atoms with van der Waals surface area (Å²) in [6.45, 7) is 19.3. The Morgan fingerprint density at radius 1 is 1.10 bits per heavy atom. The zero-order valence-electron chi connectivity index (χ0n) is 15.1. The summed E-state index contributed by atoms with van der Waals surface area (Å²) in [5, 5.41) is 3.56. The second-order valence-electron chi connectivity index (χ2n) is 8.24. The molecule has 0 aliphatic heterocycles. The summed E-state index contributed by atoms with van der Waals surface area (Å²) in [6, 6.07) is 6.54. The Kier molecular flexibility index (Phi) is 5.86. The summed E-state index contributed by atoms with van der Waals surface area (Å²) in [4.78, 5) is 0. The third kappa shape index (κ3) is 6.52. The molecule has 0 spiro atoms. The van der Waals surface area contributed by atoms with Crippen LogP contribution in [0.2, 0.25) is 0 Å². The van der Waals surface area contributed by atoms with Gasteiger partial charge in [-0.15, -0.1) is 0 Å². The average molecular weight is 291 g/mol. The van der Waals surface area contributed by atoms with Gasteiger partial charge in [0.2, 0.25) is 0 Å². The van der Waals surface area contributed by atoms with Gasteiger partial charge in [-0.25, -0.2) is 0 Å². The van der Waals surface area contributed by atoms with Gasteiger partial charge in [0.25, 0.3) is 0 Å². The van der Waals surface area contributed by atoms with E-state index in [2.05, 4.69) is 78.9 Å². The second-order valence-corrected chi connectivity index (χ2v) is 8.24. The van der Waals surface area contributed by atoms with Gasteiger partial charge in [0, 0.05) is 17.5 Å². The molecule has 2 nitrogen and oxygen atoms in total. The third-order valence-electron chi connectivity index (χ3n) is 3.59. The van der Waals surface area contributed by atoms with Crippen LogP contribution in [-0.2, 0) is 0 Å². The van der Waals surface area contributed by atoms with Crippen LogP contribution >= 0.6 is 0 Å². The van der Waals surface area contributed by atoms with Crippen LogP contribution < -0.4 is 10.1 Å². The fraction of sp³-hybridized carbons (Fsp3) is 0.684. The molecule has 21 heavy (non-hydrogen) atoms. The number of hydrogen-bond acceptors (Lipinski definition) is 2. The Labute approximate surface area is 131 Å². The van der Waals surface area contributed by atoms with Crippen LogP contribution in [0.3, 0.4) is 0 Å². The van der Waals surface area contributed by atoms with Gasteiger partial charge in [-0.3, -0.25) is 0 Å². The van der Waals surface area contributed by atoms with E-state index in [1.165, 1.54) is 11.1 Å². The first kappa shape index (κ1) is 18.0. The average Bonchev–Trinajstić information content (AvgIpc) is 2.34. The zero-order valence-corrected chi connectivity index (χ0v) is 15.1. The Morgan fingerprint density at radius 3 is 2.24 bits per heavy atom. The van der Waals surface area contributed by atoms with Gasteiger partial charge in [0.15, 0.2) is 0 Å². The first-order valence-corrected chi connectivity index (χ1v) is 7.98. The molecular weight excluding hydrogens is 258 g/mol. The summed E-state index contributed by atoms with van der Waals surface area (Å²) < 4.78 is 6.12. The third-order valence-corrected chi connectivity index (χ3v) is 3.59. The lowest BCUT2D eigenvalue weighted by Crippen LogP contribution is -2.43. The Morgan fingerprint density at radius 2 is 1.71 bits per heavy atom. The van der Waals surface area contributed by atoms with Crippen LogP contribution in [0, 0.1) is 12.3 Å². The van der Waals surface area contributed by atoms with Crippen LogP contribution in [0.25, 0.3) is 0 Å². The number of aryl methyl sites for hydroxylation is 1. The van der Waals surface area contributed by atoms with Crippen LogP contribution in [0.5, 0.6) is 5.75 Å². The van der Waals surface area contributed by atoms with Crippen molar-refractivity contribution in [2.24, 2.45) is 5.41 Å². The quantitative estimate of drug-likeness (QED) is 0.804. The van der Waals surface area contributed by atoms with Crippen molar-refractivity contribution in [2.45, 2.75) is 66.8 Å². The highest BCUT2D eigenvalue weighted by Gasteiger charge is 2.22. The van der Waals surface area contributed by atoms with Crippen LogP contribution in [0.15, 0.2) is 18.2 Å². The van der Waals surface area contributed by atoms with Crippen LogP contribution in [-0.4, -0.2) is 18.7 Å². The van der Waals surface area contributed by atoms with Gasteiger partial charge in [0.05, 0.1) is 6.61 Å². The number of benzene rings is 1. The van der Waals surface area contributed by atoms with E-state index in [1.807, 2.05) is 0 Å². The summed E-state index contributed by atoms with van der Waals surface area (Å²) in [6.07, 6.45) is 0. The lowest BCUT2D eigenvalue weighted by atomic mass is 9.93. The standard InChI is InChI=1S/C19H33NO/c1-14(2)16-10-9-15(3)17(11-16)21-13-19(7,8)12-20-18(4,5)6/h9-11,14,20H,12-13H2,1-8H3. The molecule has 0 saturated carbocycles. The molecule has 0 bridgehead atoms. The highest BCUT2D eigenvalue weighted by atomic mass is 16.5. The molecule has 1 N–H and O–H groups in total. The van der Waals surface area contributed by atoms with Crippen LogP contribution in [0.4, 0.5) is 0 Å². The molecule has 1 aromatic rings. The van der Waals surface area contributed by atoms with Crippen molar-refractivity contribution in [1.82, 2.24) is 5.32 Å².